The largest absolute Gasteiger partial charge is 0.493 e. The Morgan fingerprint density at radius 1 is 1.09 bits per heavy atom. The fraction of sp³-hybridized carbons (Fsp3) is 0.261. The first-order valence-corrected chi connectivity index (χ1v) is 12.1. The Kier molecular flexibility index (Phi) is 6.10. The van der Waals surface area contributed by atoms with Crippen LogP contribution < -0.4 is 18.9 Å². The van der Waals surface area contributed by atoms with Gasteiger partial charge in [0.2, 0.25) is 0 Å². The zero-order chi connectivity index (χ0) is 22.8. The van der Waals surface area contributed by atoms with E-state index < -0.39 is 0 Å². The van der Waals surface area contributed by atoms with Gasteiger partial charge >= 0.3 is 0 Å². The lowest BCUT2D eigenvalue weighted by molar-refractivity contribution is 0.0825. The highest BCUT2D eigenvalue weighted by Crippen LogP contribution is 2.37. The van der Waals surface area contributed by atoms with Crippen LogP contribution in [0.4, 0.5) is 0 Å². The first-order valence-electron chi connectivity index (χ1n) is 10.2. The highest BCUT2D eigenvalue weighted by atomic mass is 32.2. The van der Waals surface area contributed by atoms with Crippen LogP contribution in [0.1, 0.15) is 17.6 Å². The molecule has 0 aliphatic carbocycles. The molecule has 1 aliphatic rings. The quantitative estimate of drug-likeness (QED) is 0.349. The van der Waals surface area contributed by atoms with Crippen molar-refractivity contribution < 1.29 is 18.9 Å². The molecule has 1 atom stereocenters. The minimum atomic E-state index is -0.303. The summed E-state index contributed by atoms with van der Waals surface area (Å²) in [4.78, 5) is 4.78. The molecule has 5 rings (SSSR count). The number of methoxy groups -OCH3 is 2. The maximum absolute atomic E-state index is 6.08. The summed E-state index contributed by atoms with van der Waals surface area (Å²) in [5.41, 5.74) is 1.97. The normalized spacial score (nSPS) is 14.8. The van der Waals surface area contributed by atoms with Gasteiger partial charge in [0.05, 0.1) is 19.9 Å². The Labute approximate surface area is 199 Å². The molecule has 0 saturated carbocycles. The van der Waals surface area contributed by atoms with E-state index in [1.54, 1.807) is 37.3 Å². The van der Waals surface area contributed by atoms with Crippen molar-refractivity contribution in [1.29, 1.82) is 0 Å². The summed E-state index contributed by atoms with van der Waals surface area (Å²) >= 11 is 3.18. The van der Waals surface area contributed by atoms with Crippen LogP contribution >= 0.6 is 23.1 Å². The summed E-state index contributed by atoms with van der Waals surface area (Å²) in [7, 11) is 5.20. The molecular weight excluding hydrogens is 460 g/mol. The highest BCUT2D eigenvalue weighted by Gasteiger charge is 2.27. The van der Waals surface area contributed by atoms with Crippen molar-refractivity contribution in [1.82, 2.24) is 19.7 Å². The van der Waals surface area contributed by atoms with Gasteiger partial charge in [0.15, 0.2) is 40.1 Å². The van der Waals surface area contributed by atoms with Gasteiger partial charge in [0, 0.05) is 23.7 Å². The zero-order valence-electron chi connectivity index (χ0n) is 18.3. The van der Waals surface area contributed by atoms with Crippen LogP contribution in [0.3, 0.4) is 0 Å². The van der Waals surface area contributed by atoms with E-state index in [0.717, 1.165) is 38.7 Å². The van der Waals surface area contributed by atoms with Crippen LogP contribution in [-0.4, -0.2) is 40.6 Å². The molecule has 2 aromatic heterocycles. The molecule has 3 heterocycles. The number of para-hydroxylation sites is 2. The number of thiazole rings is 1. The molecule has 0 fully saturated rings. The summed E-state index contributed by atoms with van der Waals surface area (Å²) in [6.07, 6.45) is -0.303. The lowest BCUT2D eigenvalue weighted by atomic mass is 10.2. The zero-order valence-corrected chi connectivity index (χ0v) is 20.0. The fourth-order valence-electron chi connectivity index (χ4n) is 3.49. The molecule has 170 valence electrons. The van der Waals surface area contributed by atoms with Gasteiger partial charge in [-0.1, -0.05) is 23.9 Å². The molecule has 33 heavy (non-hydrogen) atoms. The van der Waals surface area contributed by atoms with Gasteiger partial charge in [-0.2, -0.15) is 0 Å². The van der Waals surface area contributed by atoms with Gasteiger partial charge in [-0.25, -0.2) is 4.98 Å². The van der Waals surface area contributed by atoms with E-state index in [9.17, 15) is 0 Å². The van der Waals surface area contributed by atoms with Gasteiger partial charge in [-0.15, -0.1) is 21.5 Å². The molecule has 0 N–H and O–H groups in total. The minimum absolute atomic E-state index is 0.303. The number of rotatable bonds is 7. The van der Waals surface area contributed by atoms with Gasteiger partial charge in [0.25, 0.3) is 0 Å². The van der Waals surface area contributed by atoms with E-state index >= 15 is 0 Å². The Morgan fingerprint density at radius 3 is 2.73 bits per heavy atom. The first kappa shape index (κ1) is 21.6. The lowest BCUT2D eigenvalue weighted by Gasteiger charge is -2.25. The van der Waals surface area contributed by atoms with Gasteiger partial charge in [0.1, 0.15) is 11.6 Å². The molecular formula is C23H22N4O4S2. The van der Waals surface area contributed by atoms with Crippen molar-refractivity contribution in [3.8, 4) is 33.6 Å². The van der Waals surface area contributed by atoms with E-state index in [4.69, 9.17) is 23.9 Å². The number of benzene rings is 2. The van der Waals surface area contributed by atoms with Crippen molar-refractivity contribution in [3.05, 3.63) is 59.4 Å². The SMILES string of the molecule is COc1ccc(-c2nc(CSc3nnc([C@@H]4COc5ccccc5O4)n3C)cs2)cc1OC. The number of hydrogen-bond acceptors (Lipinski definition) is 9. The molecule has 0 unspecified atom stereocenters. The van der Waals surface area contributed by atoms with Crippen LogP contribution in [0, 0.1) is 0 Å². The predicted octanol–water partition coefficient (Wildman–Crippen LogP) is 4.76. The second-order valence-corrected chi connectivity index (χ2v) is 9.07. The molecule has 10 heteroatoms. The van der Waals surface area contributed by atoms with Crippen LogP contribution in [0.2, 0.25) is 0 Å². The van der Waals surface area contributed by atoms with Crippen LogP contribution in [0.25, 0.3) is 10.6 Å². The van der Waals surface area contributed by atoms with Crippen molar-refractivity contribution in [2.75, 3.05) is 20.8 Å². The van der Waals surface area contributed by atoms with Crippen molar-refractivity contribution in [3.63, 3.8) is 0 Å². The standard InChI is InChI=1S/C23H22N4O4S2/c1-27-21(20-11-30-17-6-4-5-7-18(17)31-20)25-26-23(27)33-13-15-12-32-22(24-15)14-8-9-16(28-2)19(10-14)29-3/h4-10,12,20H,11,13H2,1-3H3/t20-/m0/s1. The smallest absolute Gasteiger partial charge is 0.192 e. The number of thioether (sulfide) groups is 1. The Hall–Kier alpha value is -3.24. The minimum Gasteiger partial charge on any atom is -0.493 e. The molecule has 1 aliphatic heterocycles. The average Bonchev–Trinajstić information content (AvgIpc) is 3.48. The van der Waals surface area contributed by atoms with E-state index in [-0.39, 0.29) is 6.10 Å². The number of hydrogen-bond donors (Lipinski definition) is 0. The second-order valence-electron chi connectivity index (χ2n) is 7.27. The summed E-state index contributed by atoms with van der Waals surface area (Å²) < 4.78 is 24.6. The summed E-state index contributed by atoms with van der Waals surface area (Å²) in [5, 5.41) is 12.5. The summed E-state index contributed by atoms with van der Waals surface area (Å²) in [6, 6.07) is 13.4. The maximum Gasteiger partial charge on any atom is 0.192 e. The van der Waals surface area contributed by atoms with Crippen molar-refractivity contribution >= 4 is 23.1 Å². The molecule has 0 spiro atoms. The van der Waals surface area contributed by atoms with E-state index in [1.807, 2.05) is 54.1 Å². The monoisotopic (exact) mass is 482 g/mol. The topological polar surface area (TPSA) is 80.5 Å². The van der Waals surface area contributed by atoms with Gasteiger partial charge in [-0.3, -0.25) is 0 Å². The average molecular weight is 483 g/mol. The van der Waals surface area contributed by atoms with Crippen LogP contribution in [0.15, 0.2) is 53.0 Å². The fourth-order valence-corrected chi connectivity index (χ4v) is 5.23. The molecule has 8 nitrogen and oxygen atoms in total. The highest BCUT2D eigenvalue weighted by molar-refractivity contribution is 7.98. The molecule has 0 amide bonds. The molecule has 0 radical (unpaired) electrons. The van der Waals surface area contributed by atoms with Crippen molar-refractivity contribution in [2.45, 2.75) is 17.0 Å². The molecule has 0 saturated heterocycles. The van der Waals surface area contributed by atoms with Crippen LogP contribution in [0.5, 0.6) is 23.0 Å². The number of aromatic nitrogens is 4. The lowest BCUT2D eigenvalue weighted by Crippen LogP contribution is -2.24. The number of fused-ring (bicyclic) bond motifs is 1. The van der Waals surface area contributed by atoms with Crippen LogP contribution in [-0.2, 0) is 12.8 Å². The van der Waals surface area contributed by atoms with E-state index in [1.165, 1.54) is 0 Å². The Balaban J connectivity index is 1.26. The first-order chi connectivity index (χ1) is 16.2. The van der Waals surface area contributed by atoms with E-state index in [2.05, 4.69) is 15.6 Å². The van der Waals surface area contributed by atoms with E-state index in [0.29, 0.717) is 23.9 Å². The number of nitrogens with zero attached hydrogens (tertiary/aromatic N) is 4. The Bertz CT molecular complexity index is 1270. The van der Waals surface area contributed by atoms with Crippen molar-refractivity contribution in [2.24, 2.45) is 7.05 Å². The van der Waals surface area contributed by atoms with Gasteiger partial charge < -0.3 is 23.5 Å². The number of ether oxygens (including phenoxy) is 4. The summed E-state index contributed by atoms with van der Waals surface area (Å²) in [6.45, 7) is 0.397. The maximum atomic E-state index is 6.08. The Morgan fingerprint density at radius 2 is 1.91 bits per heavy atom. The third-order valence-corrected chi connectivity index (χ3v) is 7.19. The third kappa shape index (κ3) is 4.36. The van der Waals surface area contributed by atoms with Gasteiger partial charge in [-0.05, 0) is 30.3 Å². The predicted molar refractivity (Wildman–Crippen MR) is 127 cm³/mol. The third-order valence-electron chi connectivity index (χ3n) is 5.20. The molecule has 2 aromatic carbocycles. The second kappa shape index (κ2) is 9.32. The molecule has 0 bridgehead atoms. The molecule has 4 aromatic rings. The summed E-state index contributed by atoms with van der Waals surface area (Å²) in [5.74, 6) is 4.26.